The van der Waals surface area contributed by atoms with Crippen LogP contribution in [0.15, 0.2) is 48.5 Å². The minimum absolute atomic E-state index is 0.283. The maximum atomic E-state index is 11.7. The first-order valence-corrected chi connectivity index (χ1v) is 7.33. The zero-order valence-electron chi connectivity index (χ0n) is 11.9. The first-order valence-electron chi connectivity index (χ1n) is 6.95. The van der Waals surface area contributed by atoms with Crippen molar-refractivity contribution in [2.75, 3.05) is 11.9 Å². The van der Waals surface area contributed by atoms with E-state index < -0.39 is 0 Å². The SMILES string of the molecule is CCCOC(=O)c1ccc(NCc2ccccc2Cl)cc1. The van der Waals surface area contributed by atoms with E-state index >= 15 is 0 Å². The lowest BCUT2D eigenvalue weighted by Gasteiger charge is -2.09. The molecule has 0 aliphatic heterocycles. The zero-order chi connectivity index (χ0) is 15.1. The Balaban J connectivity index is 1.93. The molecule has 2 aromatic carbocycles. The number of ether oxygens (including phenoxy) is 1. The van der Waals surface area contributed by atoms with Gasteiger partial charge in [0.25, 0.3) is 0 Å². The molecule has 0 amide bonds. The van der Waals surface area contributed by atoms with Crippen LogP contribution in [0.4, 0.5) is 5.69 Å². The highest BCUT2D eigenvalue weighted by atomic mass is 35.5. The molecule has 0 unspecified atom stereocenters. The number of hydrogen-bond acceptors (Lipinski definition) is 3. The van der Waals surface area contributed by atoms with Crippen molar-refractivity contribution in [3.63, 3.8) is 0 Å². The molecule has 0 spiro atoms. The van der Waals surface area contributed by atoms with Crippen molar-refractivity contribution < 1.29 is 9.53 Å². The molecule has 0 saturated carbocycles. The summed E-state index contributed by atoms with van der Waals surface area (Å²) in [5.41, 5.74) is 2.53. The summed E-state index contributed by atoms with van der Waals surface area (Å²) in [5.74, 6) is -0.283. The standard InChI is InChI=1S/C17H18ClNO2/c1-2-11-21-17(20)13-7-9-15(10-8-13)19-12-14-5-3-4-6-16(14)18/h3-10,19H,2,11-12H2,1H3. The molecule has 0 aliphatic rings. The van der Waals surface area contributed by atoms with Crippen LogP contribution < -0.4 is 5.32 Å². The monoisotopic (exact) mass is 303 g/mol. The van der Waals surface area contributed by atoms with E-state index in [1.165, 1.54) is 0 Å². The van der Waals surface area contributed by atoms with Crippen molar-refractivity contribution in [1.29, 1.82) is 0 Å². The second kappa shape index (κ2) is 7.70. The number of anilines is 1. The molecular weight excluding hydrogens is 286 g/mol. The third-order valence-electron chi connectivity index (χ3n) is 3.00. The Kier molecular flexibility index (Phi) is 5.64. The largest absolute Gasteiger partial charge is 0.462 e. The molecule has 21 heavy (non-hydrogen) atoms. The van der Waals surface area contributed by atoms with Crippen molar-refractivity contribution in [2.24, 2.45) is 0 Å². The molecular formula is C17H18ClNO2. The number of esters is 1. The van der Waals surface area contributed by atoms with Crippen LogP contribution in [-0.4, -0.2) is 12.6 Å². The maximum absolute atomic E-state index is 11.7. The summed E-state index contributed by atoms with van der Waals surface area (Å²) in [6.07, 6.45) is 0.823. The van der Waals surface area contributed by atoms with Crippen LogP contribution in [0.25, 0.3) is 0 Å². The van der Waals surface area contributed by atoms with Crippen molar-refractivity contribution in [1.82, 2.24) is 0 Å². The van der Waals surface area contributed by atoms with E-state index in [1.807, 2.05) is 43.3 Å². The van der Waals surface area contributed by atoms with Crippen molar-refractivity contribution in [3.8, 4) is 0 Å². The van der Waals surface area contributed by atoms with E-state index in [4.69, 9.17) is 16.3 Å². The van der Waals surface area contributed by atoms with E-state index in [0.29, 0.717) is 18.7 Å². The summed E-state index contributed by atoms with van der Waals surface area (Å²) in [6, 6.07) is 14.9. The molecule has 110 valence electrons. The zero-order valence-corrected chi connectivity index (χ0v) is 12.7. The van der Waals surface area contributed by atoms with Crippen molar-refractivity contribution in [2.45, 2.75) is 19.9 Å². The number of carbonyl (C=O) groups is 1. The van der Waals surface area contributed by atoms with Gasteiger partial charge in [0.05, 0.1) is 12.2 Å². The molecule has 3 nitrogen and oxygen atoms in total. The second-order valence-corrected chi connectivity index (χ2v) is 5.07. The van der Waals surface area contributed by atoms with Crippen molar-refractivity contribution in [3.05, 3.63) is 64.7 Å². The predicted molar refractivity (Wildman–Crippen MR) is 85.8 cm³/mol. The number of hydrogen-bond donors (Lipinski definition) is 1. The van der Waals surface area contributed by atoms with Gasteiger partial charge < -0.3 is 10.1 Å². The van der Waals surface area contributed by atoms with E-state index in [0.717, 1.165) is 22.7 Å². The fraction of sp³-hybridized carbons (Fsp3) is 0.235. The maximum Gasteiger partial charge on any atom is 0.338 e. The van der Waals surface area contributed by atoms with Gasteiger partial charge in [-0.3, -0.25) is 0 Å². The Hall–Kier alpha value is -2.00. The molecule has 0 atom stereocenters. The van der Waals surface area contributed by atoms with Gasteiger partial charge in [0.15, 0.2) is 0 Å². The van der Waals surface area contributed by atoms with Gasteiger partial charge >= 0.3 is 5.97 Å². The Morgan fingerprint density at radius 2 is 1.86 bits per heavy atom. The van der Waals surface area contributed by atoms with Crippen LogP contribution in [0.1, 0.15) is 29.3 Å². The molecule has 0 radical (unpaired) electrons. The van der Waals surface area contributed by atoms with Gasteiger partial charge in [-0.2, -0.15) is 0 Å². The Bertz CT molecular complexity index is 596. The van der Waals surface area contributed by atoms with E-state index in [-0.39, 0.29) is 5.97 Å². The summed E-state index contributed by atoms with van der Waals surface area (Å²) in [5, 5.41) is 4.02. The van der Waals surface area contributed by atoms with Crippen LogP contribution in [0.2, 0.25) is 5.02 Å². The van der Waals surface area contributed by atoms with Crippen LogP contribution in [0, 0.1) is 0 Å². The number of rotatable bonds is 6. The molecule has 0 aliphatic carbocycles. The lowest BCUT2D eigenvalue weighted by Crippen LogP contribution is -2.06. The van der Waals surface area contributed by atoms with Gasteiger partial charge in [-0.1, -0.05) is 36.7 Å². The Labute approximate surface area is 129 Å². The van der Waals surface area contributed by atoms with E-state index in [1.54, 1.807) is 12.1 Å². The lowest BCUT2D eigenvalue weighted by atomic mass is 10.2. The fourth-order valence-electron chi connectivity index (χ4n) is 1.84. The molecule has 0 fully saturated rings. The third-order valence-corrected chi connectivity index (χ3v) is 3.37. The molecule has 2 aromatic rings. The number of benzene rings is 2. The molecule has 1 N–H and O–H groups in total. The average Bonchev–Trinajstić information content (AvgIpc) is 2.52. The summed E-state index contributed by atoms with van der Waals surface area (Å²) in [6.45, 7) is 3.06. The van der Waals surface area contributed by atoms with Gasteiger partial charge in [0.2, 0.25) is 0 Å². The molecule has 2 rings (SSSR count). The van der Waals surface area contributed by atoms with Gasteiger partial charge in [-0.15, -0.1) is 0 Å². The summed E-state index contributed by atoms with van der Waals surface area (Å²) in [4.78, 5) is 11.7. The molecule has 4 heteroatoms. The smallest absolute Gasteiger partial charge is 0.338 e. The minimum Gasteiger partial charge on any atom is -0.462 e. The number of halogens is 1. The molecule has 0 aromatic heterocycles. The minimum atomic E-state index is -0.283. The van der Waals surface area contributed by atoms with E-state index in [2.05, 4.69) is 5.32 Å². The highest BCUT2D eigenvalue weighted by molar-refractivity contribution is 6.31. The highest BCUT2D eigenvalue weighted by Crippen LogP contribution is 2.17. The van der Waals surface area contributed by atoms with E-state index in [9.17, 15) is 4.79 Å². The predicted octanol–water partition coefficient (Wildman–Crippen LogP) is 4.52. The van der Waals surface area contributed by atoms with Crippen LogP contribution in [0.5, 0.6) is 0 Å². The number of nitrogens with one attached hydrogen (secondary N) is 1. The third kappa shape index (κ3) is 4.50. The molecule has 0 heterocycles. The van der Waals surface area contributed by atoms with Crippen LogP contribution in [-0.2, 0) is 11.3 Å². The topological polar surface area (TPSA) is 38.3 Å². The Morgan fingerprint density at radius 1 is 1.14 bits per heavy atom. The lowest BCUT2D eigenvalue weighted by molar-refractivity contribution is 0.0505. The normalized spacial score (nSPS) is 10.2. The quantitative estimate of drug-likeness (QED) is 0.797. The van der Waals surface area contributed by atoms with Crippen LogP contribution >= 0.6 is 11.6 Å². The van der Waals surface area contributed by atoms with Gasteiger partial charge in [-0.05, 0) is 42.3 Å². The molecule has 0 bridgehead atoms. The van der Waals surface area contributed by atoms with Gasteiger partial charge in [0, 0.05) is 17.3 Å². The average molecular weight is 304 g/mol. The molecule has 0 saturated heterocycles. The fourth-order valence-corrected chi connectivity index (χ4v) is 2.04. The van der Waals surface area contributed by atoms with Crippen LogP contribution in [0.3, 0.4) is 0 Å². The summed E-state index contributed by atoms with van der Waals surface area (Å²) >= 11 is 6.10. The van der Waals surface area contributed by atoms with Gasteiger partial charge in [0.1, 0.15) is 0 Å². The second-order valence-electron chi connectivity index (χ2n) is 4.66. The first-order chi connectivity index (χ1) is 10.2. The first kappa shape index (κ1) is 15.4. The Morgan fingerprint density at radius 3 is 2.52 bits per heavy atom. The highest BCUT2D eigenvalue weighted by Gasteiger charge is 2.06. The summed E-state index contributed by atoms with van der Waals surface area (Å²) in [7, 11) is 0. The number of carbonyl (C=O) groups excluding carboxylic acids is 1. The van der Waals surface area contributed by atoms with Crippen molar-refractivity contribution >= 4 is 23.3 Å². The van der Waals surface area contributed by atoms with Gasteiger partial charge in [-0.25, -0.2) is 4.79 Å². The summed E-state index contributed by atoms with van der Waals surface area (Å²) < 4.78 is 5.09.